The van der Waals surface area contributed by atoms with Crippen LogP contribution in [0.5, 0.6) is 11.5 Å². The highest BCUT2D eigenvalue weighted by atomic mass is 16.6. The summed E-state index contributed by atoms with van der Waals surface area (Å²) in [6, 6.07) is 33.5. The summed E-state index contributed by atoms with van der Waals surface area (Å²) in [4.78, 5) is 46.6. The van der Waals surface area contributed by atoms with Gasteiger partial charge in [-0.15, -0.1) is 0 Å². The quantitative estimate of drug-likeness (QED) is 0.0246. The zero-order valence-corrected chi connectivity index (χ0v) is 35.6. The van der Waals surface area contributed by atoms with Crippen LogP contribution in [0, 0.1) is 0 Å². The minimum atomic E-state index is -1.08. The largest absolute Gasteiger partial charge is 0.487 e. The molecule has 2 unspecified atom stereocenters. The highest BCUT2D eigenvalue weighted by Gasteiger charge is 2.29. The molecule has 0 N–H and O–H groups in total. The number of carbonyl (C=O) groups is 2. The van der Waals surface area contributed by atoms with Crippen molar-refractivity contribution < 1.29 is 51.8 Å². The van der Waals surface area contributed by atoms with Crippen LogP contribution in [-0.4, -0.2) is 85.2 Å². The van der Waals surface area contributed by atoms with E-state index in [1.165, 1.54) is 0 Å². The van der Waals surface area contributed by atoms with Crippen molar-refractivity contribution >= 4 is 23.4 Å². The summed E-state index contributed by atoms with van der Waals surface area (Å²) in [6.45, 7) is 8.28. The van der Waals surface area contributed by atoms with E-state index in [0.717, 1.165) is 16.7 Å². The van der Waals surface area contributed by atoms with Crippen molar-refractivity contribution in [3.63, 3.8) is 0 Å². The van der Waals surface area contributed by atoms with Gasteiger partial charge in [0.05, 0.1) is 0 Å². The van der Waals surface area contributed by atoms with Crippen LogP contribution in [0.4, 0.5) is 0 Å². The Morgan fingerprint density at radius 1 is 0.556 bits per heavy atom. The van der Waals surface area contributed by atoms with E-state index in [2.05, 4.69) is 20.3 Å². The van der Waals surface area contributed by atoms with Crippen molar-refractivity contribution in [2.24, 2.45) is 10.3 Å². The molecule has 0 fully saturated rings. The molecule has 0 radical (unpaired) electrons. The van der Waals surface area contributed by atoms with Gasteiger partial charge in [-0.25, -0.2) is 19.6 Å². The van der Waals surface area contributed by atoms with Gasteiger partial charge in [0.2, 0.25) is 11.8 Å². The Labute approximate surface area is 365 Å². The molecular formula is C48H50N4O11. The second-order valence-corrected chi connectivity index (χ2v) is 13.6. The molecule has 0 aliphatic carbocycles. The molecule has 63 heavy (non-hydrogen) atoms. The number of nitrogens with zero attached hydrogens (tertiary/aromatic N) is 4. The second-order valence-electron chi connectivity index (χ2n) is 13.6. The maximum absolute atomic E-state index is 13.4. The van der Waals surface area contributed by atoms with E-state index in [4.69, 9.17) is 42.2 Å². The van der Waals surface area contributed by atoms with Crippen LogP contribution in [0.2, 0.25) is 0 Å². The molecule has 2 atom stereocenters. The summed E-state index contributed by atoms with van der Waals surface area (Å²) in [7, 11) is 0. The van der Waals surface area contributed by atoms with Gasteiger partial charge in [0.25, 0.3) is 0 Å². The zero-order valence-electron chi connectivity index (χ0n) is 35.6. The van der Waals surface area contributed by atoms with E-state index in [1.807, 2.05) is 80.6 Å². The number of rotatable bonds is 24. The Morgan fingerprint density at radius 3 is 1.54 bits per heavy atom. The number of oxazole rings is 2. The Morgan fingerprint density at radius 2 is 1.05 bits per heavy atom. The fourth-order valence-electron chi connectivity index (χ4n) is 6.10. The van der Waals surface area contributed by atoms with Crippen molar-refractivity contribution in [3.05, 3.63) is 145 Å². The average Bonchev–Trinajstić information content (AvgIpc) is 4.02. The molecule has 0 saturated heterocycles. The first-order chi connectivity index (χ1) is 30.9. The predicted octanol–water partition coefficient (Wildman–Crippen LogP) is 8.30. The normalized spacial score (nSPS) is 12.6. The highest BCUT2D eigenvalue weighted by molar-refractivity contribution is 5.98. The van der Waals surface area contributed by atoms with Gasteiger partial charge in [-0.2, -0.15) is 0 Å². The Hall–Kier alpha value is -7.10. The molecule has 4 aromatic carbocycles. The summed E-state index contributed by atoms with van der Waals surface area (Å²) >= 11 is 0. The minimum Gasteiger partial charge on any atom is -0.487 e. The molecule has 15 heteroatoms. The molecule has 0 spiro atoms. The molecule has 6 rings (SSSR count). The molecule has 0 amide bonds. The van der Waals surface area contributed by atoms with E-state index in [0.29, 0.717) is 53.1 Å². The van der Waals surface area contributed by atoms with Crippen LogP contribution in [0.15, 0.2) is 141 Å². The molecule has 6 aromatic rings. The number of ether oxygens (including phenoxy) is 5. The number of benzene rings is 4. The molecule has 0 aliphatic heterocycles. The van der Waals surface area contributed by atoms with Crippen LogP contribution >= 0.6 is 0 Å². The minimum absolute atomic E-state index is 0.0117. The molecule has 0 bridgehead atoms. The number of carbonyl (C=O) groups excluding carboxylic acids is 2. The van der Waals surface area contributed by atoms with Crippen LogP contribution in [0.25, 0.3) is 22.5 Å². The standard InChI is InChI=1S/C48H50N4O11/c1-5-55-43(27-33-22-24-37(25-23-33)57-31-41(51-61-7-3)45-49-39(29-59-45)35-17-11-9-12-18-35)47(53)63-48(54)44(56-6-2)28-34-16-15-21-38(26-34)58-32-42(52-62-8-4)46-50-40(30-60-46)36-19-13-10-14-20-36/h9-26,29-30,43-44H,5-8,27-28,31-32H2,1-4H3. The third kappa shape index (κ3) is 13.4. The Kier molecular flexibility index (Phi) is 17.1. The lowest BCUT2D eigenvalue weighted by Crippen LogP contribution is -2.36. The lowest BCUT2D eigenvalue weighted by molar-refractivity contribution is -0.175. The van der Waals surface area contributed by atoms with Crippen molar-refractivity contribution in [3.8, 4) is 34.0 Å². The molecule has 0 saturated carbocycles. The maximum atomic E-state index is 13.4. The van der Waals surface area contributed by atoms with Crippen LogP contribution in [0.3, 0.4) is 0 Å². The monoisotopic (exact) mass is 858 g/mol. The smallest absolute Gasteiger partial charge is 0.343 e. The fourth-order valence-corrected chi connectivity index (χ4v) is 6.10. The highest BCUT2D eigenvalue weighted by Crippen LogP contribution is 2.22. The van der Waals surface area contributed by atoms with Crippen molar-refractivity contribution in [2.75, 3.05) is 39.6 Å². The second kappa shape index (κ2) is 23.8. The van der Waals surface area contributed by atoms with Crippen molar-refractivity contribution in [1.29, 1.82) is 0 Å². The zero-order chi connectivity index (χ0) is 44.2. The first-order valence-electron chi connectivity index (χ1n) is 20.7. The molecule has 2 aromatic heterocycles. The summed E-state index contributed by atoms with van der Waals surface area (Å²) in [5.74, 6) is -0.110. The van der Waals surface area contributed by atoms with Gasteiger partial charge < -0.3 is 42.2 Å². The number of esters is 2. The van der Waals surface area contributed by atoms with Gasteiger partial charge in [0.15, 0.2) is 23.6 Å². The van der Waals surface area contributed by atoms with E-state index < -0.39 is 24.1 Å². The van der Waals surface area contributed by atoms with Gasteiger partial charge in [-0.1, -0.05) is 95.2 Å². The first-order valence-corrected chi connectivity index (χ1v) is 20.7. The Balaban J connectivity index is 1.03. The summed E-state index contributed by atoms with van der Waals surface area (Å²) < 4.78 is 40.4. The number of hydrogen-bond donors (Lipinski definition) is 0. The number of hydrogen-bond acceptors (Lipinski definition) is 15. The van der Waals surface area contributed by atoms with E-state index in [-0.39, 0.29) is 51.1 Å². The summed E-state index contributed by atoms with van der Waals surface area (Å²) in [5.41, 5.74) is 5.28. The Bertz CT molecular complexity index is 2400. The van der Waals surface area contributed by atoms with Gasteiger partial charge in [-0.3, -0.25) is 0 Å². The SMILES string of the molecule is CCON=C(COc1ccc(CC(OCC)C(=O)OC(=O)C(Cc2cccc(OCC(=NOCC)c3nc(-c4ccccc4)co3)c2)OCC)cc1)c1nc(-c2ccccc2)co1. The molecule has 2 heterocycles. The summed E-state index contributed by atoms with van der Waals surface area (Å²) in [6.07, 6.45) is 1.23. The topological polar surface area (TPSA) is 176 Å². The lowest BCUT2D eigenvalue weighted by atomic mass is 10.1. The van der Waals surface area contributed by atoms with E-state index in [9.17, 15) is 9.59 Å². The van der Waals surface area contributed by atoms with Gasteiger partial charge in [0, 0.05) is 37.2 Å². The predicted molar refractivity (Wildman–Crippen MR) is 233 cm³/mol. The fraction of sp³-hybridized carbons (Fsp3) is 0.292. The first kappa shape index (κ1) is 45.4. The van der Waals surface area contributed by atoms with E-state index >= 15 is 0 Å². The molecule has 0 aliphatic rings. The number of oxime groups is 2. The molecule has 328 valence electrons. The van der Waals surface area contributed by atoms with E-state index in [1.54, 1.807) is 68.8 Å². The van der Waals surface area contributed by atoms with Crippen molar-refractivity contribution in [2.45, 2.75) is 52.7 Å². The third-order valence-corrected chi connectivity index (χ3v) is 9.13. The van der Waals surface area contributed by atoms with Crippen LogP contribution in [-0.2, 0) is 46.3 Å². The molecule has 15 nitrogen and oxygen atoms in total. The van der Waals surface area contributed by atoms with Gasteiger partial charge in [-0.05, 0) is 63.1 Å². The average molecular weight is 859 g/mol. The van der Waals surface area contributed by atoms with Gasteiger partial charge >= 0.3 is 11.9 Å². The van der Waals surface area contributed by atoms with Gasteiger partial charge in [0.1, 0.15) is 61.8 Å². The third-order valence-electron chi connectivity index (χ3n) is 9.13. The van der Waals surface area contributed by atoms with Crippen molar-refractivity contribution in [1.82, 2.24) is 9.97 Å². The van der Waals surface area contributed by atoms with Crippen LogP contribution in [0.1, 0.15) is 50.6 Å². The van der Waals surface area contributed by atoms with Crippen LogP contribution < -0.4 is 9.47 Å². The number of aromatic nitrogens is 2. The summed E-state index contributed by atoms with van der Waals surface area (Å²) in [5, 5.41) is 8.33. The lowest BCUT2D eigenvalue weighted by Gasteiger charge is -2.19. The maximum Gasteiger partial charge on any atom is 0.343 e. The molecular weight excluding hydrogens is 809 g/mol.